The monoisotopic (exact) mass is 383 g/mol. The van der Waals surface area contributed by atoms with Crippen LogP contribution in [0.1, 0.15) is 16.2 Å². The average Bonchev–Trinajstić information content (AvgIpc) is 3.42. The standard InChI is InChI=1S/C18H13N3O3S2/c22-17(14-10-26-18(21-14)16-6-3-7-23-16)20-13-4-1-2-5-15(13)24-8-12-9-25-11-19-12/h1-7,9-11H,8H2,(H,20,22). The summed E-state index contributed by atoms with van der Waals surface area (Å²) in [4.78, 5) is 21.0. The van der Waals surface area contributed by atoms with Gasteiger partial charge in [-0.05, 0) is 24.3 Å². The SMILES string of the molecule is O=C(Nc1ccccc1OCc1cscn1)c1csc(-c2ccco2)n1. The first-order chi connectivity index (χ1) is 12.8. The van der Waals surface area contributed by atoms with Crippen LogP contribution in [0.15, 0.2) is 63.3 Å². The van der Waals surface area contributed by atoms with Crippen LogP contribution in [0.3, 0.4) is 0 Å². The molecule has 0 radical (unpaired) electrons. The van der Waals surface area contributed by atoms with E-state index in [1.54, 1.807) is 35.4 Å². The highest BCUT2D eigenvalue weighted by atomic mass is 32.1. The van der Waals surface area contributed by atoms with Crippen LogP contribution in [0.5, 0.6) is 5.75 Å². The molecule has 1 amide bonds. The number of nitrogens with zero attached hydrogens (tertiary/aromatic N) is 2. The number of nitrogens with one attached hydrogen (secondary N) is 1. The van der Waals surface area contributed by atoms with Crippen molar-refractivity contribution in [3.8, 4) is 16.5 Å². The molecule has 26 heavy (non-hydrogen) atoms. The van der Waals surface area contributed by atoms with E-state index in [-0.39, 0.29) is 5.91 Å². The molecule has 0 saturated carbocycles. The number of rotatable bonds is 6. The van der Waals surface area contributed by atoms with Gasteiger partial charge in [0.05, 0.1) is 23.2 Å². The first-order valence-corrected chi connectivity index (χ1v) is 9.51. The Bertz CT molecular complexity index is 995. The maximum atomic E-state index is 12.5. The molecular weight excluding hydrogens is 370 g/mol. The lowest BCUT2D eigenvalue weighted by Gasteiger charge is -2.11. The fourth-order valence-corrected chi connectivity index (χ4v) is 3.54. The molecule has 0 aliphatic rings. The summed E-state index contributed by atoms with van der Waals surface area (Å²) >= 11 is 2.87. The first kappa shape index (κ1) is 16.5. The summed E-state index contributed by atoms with van der Waals surface area (Å²) in [5, 5.41) is 7.13. The molecule has 0 spiro atoms. The van der Waals surface area contributed by atoms with Crippen LogP contribution >= 0.6 is 22.7 Å². The van der Waals surface area contributed by atoms with Crippen molar-refractivity contribution in [1.29, 1.82) is 0 Å². The summed E-state index contributed by atoms with van der Waals surface area (Å²) < 4.78 is 11.1. The van der Waals surface area contributed by atoms with Gasteiger partial charge in [0.25, 0.3) is 5.91 Å². The Labute approximate surface area is 157 Å². The van der Waals surface area contributed by atoms with Gasteiger partial charge in [-0.2, -0.15) is 0 Å². The van der Waals surface area contributed by atoms with Crippen molar-refractivity contribution in [2.75, 3.05) is 5.32 Å². The van der Waals surface area contributed by atoms with Crippen LogP contribution in [0.25, 0.3) is 10.8 Å². The summed E-state index contributed by atoms with van der Waals surface area (Å²) in [5.41, 5.74) is 3.51. The van der Waals surface area contributed by atoms with Crippen LogP contribution in [-0.4, -0.2) is 15.9 Å². The zero-order valence-corrected chi connectivity index (χ0v) is 15.0. The first-order valence-electron chi connectivity index (χ1n) is 7.69. The van der Waals surface area contributed by atoms with Crippen LogP contribution in [0.4, 0.5) is 5.69 Å². The summed E-state index contributed by atoms with van der Waals surface area (Å²) in [7, 11) is 0. The third kappa shape index (κ3) is 3.66. The Kier molecular flexibility index (Phi) is 4.76. The predicted octanol–water partition coefficient (Wildman–Crippen LogP) is 4.69. The number of anilines is 1. The average molecular weight is 383 g/mol. The highest BCUT2D eigenvalue weighted by Crippen LogP contribution is 2.27. The third-order valence-electron chi connectivity index (χ3n) is 3.46. The molecular formula is C18H13N3O3S2. The molecule has 0 unspecified atom stereocenters. The molecule has 8 heteroatoms. The zero-order valence-electron chi connectivity index (χ0n) is 13.4. The summed E-state index contributed by atoms with van der Waals surface area (Å²) in [6, 6.07) is 10.9. The Morgan fingerprint density at radius 2 is 2.12 bits per heavy atom. The number of furan rings is 1. The third-order valence-corrected chi connectivity index (χ3v) is 4.96. The number of aromatic nitrogens is 2. The number of carbonyl (C=O) groups is 1. The maximum Gasteiger partial charge on any atom is 0.275 e. The highest BCUT2D eigenvalue weighted by molar-refractivity contribution is 7.13. The van der Waals surface area contributed by atoms with E-state index in [0.717, 1.165) is 5.69 Å². The lowest BCUT2D eigenvalue weighted by atomic mass is 10.3. The number of hydrogen-bond donors (Lipinski definition) is 1. The molecule has 1 N–H and O–H groups in total. The molecule has 0 aliphatic heterocycles. The van der Waals surface area contributed by atoms with Crippen molar-refractivity contribution in [3.05, 3.63) is 70.3 Å². The molecule has 0 aliphatic carbocycles. The van der Waals surface area contributed by atoms with Crippen LogP contribution < -0.4 is 10.1 Å². The van der Waals surface area contributed by atoms with E-state index in [2.05, 4.69) is 15.3 Å². The van der Waals surface area contributed by atoms with Crippen molar-refractivity contribution >= 4 is 34.3 Å². The minimum absolute atomic E-state index is 0.302. The Morgan fingerprint density at radius 3 is 2.92 bits per heavy atom. The molecule has 4 rings (SSSR count). The lowest BCUT2D eigenvalue weighted by Crippen LogP contribution is -2.13. The fraction of sp³-hybridized carbons (Fsp3) is 0.0556. The van der Waals surface area contributed by atoms with Crippen LogP contribution in [0.2, 0.25) is 0 Å². The number of thiazole rings is 2. The van der Waals surface area contributed by atoms with Crippen molar-refractivity contribution in [3.63, 3.8) is 0 Å². The van der Waals surface area contributed by atoms with Gasteiger partial charge in [0.15, 0.2) is 10.8 Å². The fourth-order valence-electron chi connectivity index (χ4n) is 2.23. The lowest BCUT2D eigenvalue weighted by molar-refractivity contribution is 0.102. The number of para-hydroxylation sites is 2. The number of hydrogen-bond acceptors (Lipinski definition) is 7. The van der Waals surface area contributed by atoms with E-state index in [1.165, 1.54) is 22.7 Å². The number of benzene rings is 1. The minimum atomic E-state index is -0.302. The van der Waals surface area contributed by atoms with Gasteiger partial charge in [0.1, 0.15) is 18.1 Å². The molecule has 3 heterocycles. The Morgan fingerprint density at radius 1 is 1.19 bits per heavy atom. The van der Waals surface area contributed by atoms with Crippen molar-refractivity contribution < 1.29 is 13.9 Å². The van der Waals surface area contributed by atoms with Gasteiger partial charge < -0.3 is 14.5 Å². The van der Waals surface area contributed by atoms with E-state index in [0.29, 0.717) is 34.5 Å². The predicted molar refractivity (Wildman–Crippen MR) is 101 cm³/mol. The molecule has 4 aromatic rings. The summed E-state index contributed by atoms with van der Waals surface area (Å²) in [6.07, 6.45) is 1.58. The molecule has 6 nitrogen and oxygen atoms in total. The molecule has 3 aromatic heterocycles. The van der Waals surface area contributed by atoms with Gasteiger partial charge in [-0.25, -0.2) is 9.97 Å². The van der Waals surface area contributed by atoms with Gasteiger partial charge in [-0.3, -0.25) is 4.79 Å². The van der Waals surface area contributed by atoms with Crippen molar-refractivity contribution in [2.45, 2.75) is 6.61 Å². The van der Waals surface area contributed by atoms with E-state index in [1.807, 2.05) is 23.6 Å². The largest absolute Gasteiger partial charge is 0.485 e. The maximum absolute atomic E-state index is 12.5. The minimum Gasteiger partial charge on any atom is -0.485 e. The smallest absolute Gasteiger partial charge is 0.275 e. The second-order valence-electron chi connectivity index (χ2n) is 5.23. The molecule has 0 fully saturated rings. The number of ether oxygens (including phenoxy) is 1. The Balaban J connectivity index is 1.47. The number of carbonyl (C=O) groups excluding carboxylic acids is 1. The van der Waals surface area contributed by atoms with Gasteiger partial charge in [0.2, 0.25) is 0 Å². The van der Waals surface area contributed by atoms with Gasteiger partial charge in [0, 0.05) is 10.8 Å². The summed E-state index contributed by atoms with van der Waals surface area (Å²) in [5.74, 6) is 0.917. The van der Waals surface area contributed by atoms with Gasteiger partial charge in [-0.15, -0.1) is 22.7 Å². The molecule has 0 atom stereocenters. The van der Waals surface area contributed by atoms with Crippen molar-refractivity contribution in [2.24, 2.45) is 0 Å². The zero-order chi connectivity index (χ0) is 17.8. The second kappa shape index (κ2) is 7.51. The van der Waals surface area contributed by atoms with Crippen LogP contribution in [0, 0.1) is 0 Å². The molecule has 0 bridgehead atoms. The second-order valence-corrected chi connectivity index (χ2v) is 6.81. The van der Waals surface area contributed by atoms with E-state index >= 15 is 0 Å². The number of amides is 1. The van der Waals surface area contributed by atoms with Gasteiger partial charge in [-0.1, -0.05) is 12.1 Å². The van der Waals surface area contributed by atoms with Crippen molar-refractivity contribution in [1.82, 2.24) is 9.97 Å². The van der Waals surface area contributed by atoms with Crippen LogP contribution in [-0.2, 0) is 6.61 Å². The van der Waals surface area contributed by atoms with E-state index in [9.17, 15) is 4.79 Å². The normalized spacial score (nSPS) is 10.6. The van der Waals surface area contributed by atoms with E-state index < -0.39 is 0 Å². The molecule has 0 saturated heterocycles. The summed E-state index contributed by atoms with van der Waals surface area (Å²) in [6.45, 7) is 0.343. The Hall–Kier alpha value is -2.97. The highest BCUT2D eigenvalue weighted by Gasteiger charge is 2.15. The van der Waals surface area contributed by atoms with Gasteiger partial charge >= 0.3 is 0 Å². The quantitative estimate of drug-likeness (QED) is 0.523. The topological polar surface area (TPSA) is 77.2 Å². The van der Waals surface area contributed by atoms with E-state index in [4.69, 9.17) is 9.15 Å². The molecule has 130 valence electrons. The molecule has 1 aromatic carbocycles.